The van der Waals surface area contributed by atoms with Crippen LogP contribution in [0.25, 0.3) is 5.57 Å². The summed E-state index contributed by atoms with van der Waals surface area (Å²) in [5.41, 5.74) is 5.08. The smallest absolute Gasteiger partial charge is 0.0409 e. The first kappa shape index (κ1) is 16.8. The van der Waals surface area contributed by atoms with E-state index < -0.39 is 0 Å². The molecule has 0 nitrogen and oxygen atoms in total. The third-order valence-corrected chi connectivity index (χ3v) is 6.00. The van der Waals surface area contributed by atoms with Gasteiger partial charge in [-0.1, -0.05) is 71.4 Å². The van der Waals surface area contributed by atoms with E-state index in [1.807, 2.05) is 30.0 Å². The molecule has 0 saturated heterocycles. The fraction of sp³-hybridized carbons (Fsp3) is 0.0909. The van der Waals surface area contributed by atoms with Crippen molar-refractivity contribution < 1.29 is 0 Å². The number of allylic oxidation sites excluding steroid dienone is 1. The Kier molecular flexibility index (Phi) is 4.89. The van der Waals surface area contributed by atoms with Gasteiger partial charge in [0, 0.05) is 14.9 Å². The molecule has 3 aromatic carbocycles. The van der Waals surface area contributed by atoms with Crippen molar-refractivity contribution in [2.45, 2.75) is 17.7 Å². The van der Waals surface area contributed by atoms with Crippen LogP contribution in [0.15, 0.2) is 82.6 Å². The molecule has 0 amide bonds. The highest BCUT2D eigenvalue weighted by molar-refractivity contribution is 8.03. The minimum absolute atomic E-state index is 0.758. The predicted molar refractivity (Wildman–Crippen MR) is 110 cm³/mol. The average molecular weight is 383 g/mol. The Balaban J connectivity index is 1.86. The molecule has 0 radical (unpaired) electrons. The van der Waals surface area contributed by atoms with Gasteiger partial charge >= 0.3 is 0 Å². The average Bonchev–Trinajstić information content (AvgIpc) is 2.63. The van der Waals surface area contributed by atoms with Gasteiger partial charge in [-0.15, -0.1) is 0 Å². The summed E-state index contributed by atoms with van der Waals surface area (Å²) in [5, 5.41) is 1.56. The summed E-state index contributed by atoms with van der Waals surface area (Å²) in [6.07, 6.45) is 2.03. The molecule has 0 aromatic heterocycles. The van der Waals surface area contributed by atoms with Crippen molar-refractivity contribution in [3.05, 3.63) is 104 Å². The molecule has 0 fully saturated rings. The topological polar surface area (TPSA) is 0 Å². The van der Waals surface area contributed by atoms with Gasteiger partial charge in [-0.2, -0.15) is 0 Å². The van der Waals surface area contributed by atoms with Gasteiger partial charge in [-0.05, 0) is 76.4 Å². The molecule has 3 heteroatoms. The van der Waals surface area contributed by atoms with E-state index in [0.29, 0.717) is 0 Å². The Hall–Kier alpha value is -1.67. The standard InChI is InChI=1S/C22H16Cl2S/c23-17-9-6-15(7-10-17)22-20-12-11-18(24)14-16(20)8-13-21(22)25-19-4-2-1-3-5-19/h1-7,9-12,14H,8,13H2. The van der Waals surface area contributed by atoms with E-state index in [-0.39, 0.29) is 0 Å². The zero-order valence-corrected chi connectivity index (χ0v) is 15.8. The summed E-state index contributed by atoms with van der Waals surface area (Å²) in [7, 11) is 0. The van der Waals surface area contributed by atoms with E-state index in [1.165, 1.54) is 32.1 Å². The molecular weight excluding hydrogens is 367 g/mol. The Morgan fingerprint density at radius 2 is 1.44 bits per heavy atom. The van der Waals surface area contributed by atoms with Gasteiger partial charge in [0.1, 0.15) is 0 Å². The molecule has 3 aromatic rings. The maximum Gasteiger partial charge on any atom is 0.0409 e. The molecule has 0 unspecified atom stereocenters. The summed E-state index contributed by atoms with van der Waals surface area (Å²) < 4.78 is 0. The lowest BCUT2D eigenvalue weighted by Crippen LogP contribution is -2.05. The molecule has 0 heterocycles. The lowest BCUT2D eigenvalue weighted by Gasteiger charge is -2.24. The van der Waals surface area contributed by atoms with Gasteiger partial charge in [0.2, 0.25) is 0 Å². The van der Waals surface area contributed by atoms with Crippen molar-refractivity contribution in [2.24, 2.45) is 0 Å². The third-order valence-electron chi connectivity index (χ3n) is 4.35. The van der Waals surface area contributed by atoms with Crippen LogP contribution in [0.3, 0.4) is 0 Å². The summed E-state index contributed by atoms with van der Waals surface area (Å²) in [4.78, 5) is 2.66. The minimum atomic E-state index is 0.758. The summed E-state index contributed by atoms with van der Waals surface area (Å²) in [6.45, 7) is 0. The summed E-state index contributed by atoms with van der Waals surface area (Å²) in [5.74, 6) is 0. The molecule has 0 spiro atoms. The highest BCUT2D eigenvalue weighted by Gasteiger charge is 2.21. The van der Waals surface area contributed by atoms with E-state index in [9.17, 15) is 0 Å². The number of aryl methyl sites for hydroxylation is 1. The molecule has 0 saturated carbocycles. The molecule has 25 heavy (non-hydrogen) atoms. The fourth-order valence-corrected chi connectivity index (χ4v) is 4.63. The first-order valence-electron chi connectivity index (χ1n) is 8.21. The molecule has 1 aliphatic rings. The second-order valence-electron chi connectivity index (χ2n) is 6.02. The van der Waals surface area contributed by atoms with E-state index in [2.05, 4.69) is 54.6 Å². The molecule has 0 bridgehead atoms. The zero-order valence-electron chi connectivity index (χ0n) is 13.5. The van der Waals surface area contributed by atoms with Crippen LogP contribution in [0, 0.1) is 0 Å². The fourth-order valence-electron chi connectivity index (χ4n) is 3.20. The van der Waals surface area contributed by atoms with Gasteiger partial charge < -0.3 is 0 Å². The molecule has 0 aliphatic heterocycles. The van der Waals surface area contributed by atoms with Crippen LogP contribution in [0.2, 0.25) is 10.0 Å². The molecule has 1 aliphatic carbocycles. The number of hydrogen-bond donors (Lipinski definition) is 0. The largest absolute Gasteiger partial charge is 0.0939 e. The number of benzene rings is 3. The van der Waals surface area contributed by atoms with Crippen molar-refractivity contribution in [1.29, 1.82) is 0 Å². The van der Waals surface area contributed by atoms with Crippen LogP contribution >= 0.6 is 35.0 Å². The number of rotatable bonds is 3. The zero-order chi connectivity index (χ0) is 17.2. The lowest BCUT2D eigenvalue weighted by atomic mass is 9.87. The third kappa shape index (κ3) is 3.64. The van der Waals surface area contributed by atoms with Gasteiger partial charge in [0.15, 0.2) is 0 Å². The Bertz CT molecular complexity index is 928. The predicted octanol–water partition coefficient (Wildman–Crippen LogP) is 7.49. The van der Waals surface area contributed by atoms with Crippen molar-refractivity contribution in [2.75, 3.05) is 0 Å². The minimum Gasteiger partial charge on any atom is -0.0939 e. The SMILES string of the molecule is Clc1ccc(C2=C(Sc3ccccc3)CCc3cc(Cl)ccc32)cc1. The first-order valence-corrected chi connectivity index (χ1v) is 9.79. The lowest BCUT2D eigenvalue weighted by molar-refractivity contribution is 0.964. The van der Waals surface area contributed by atoms with Crippen LogP contribution in [0.5, 0.6) is 0 Å². The maximum atomic E-state index is 6.22. The number of hydrogen-bond acceptors (Lipinski definition) is 1. The second kappa shape index (κ2) is 7.29. The van der Waals surface area contributed by atoms with Gasteiger partial charge in [0.05, 0.1) is 0 Å². The second-order valence-corrected chi connectivity index (χ2v) is 8.06. The Labute approximate surface area is 162 Å². The van der Waals surface area contributed by atoms with Gasteiger partial charge in [-0.25, -0.2) is 0 Å². The Morgan fingerprint density at radius 3 is 2.20 bits per heavy atom. The normalized spacial score (nSPS) is 13.7. The van der Waals surface area contributed by atoms with Crippen LogP contribution in [0.1, 0.15) is 23.1 Å². The summed E-state index contributed by atoms with van der Waals surface area (Å²) in [6, 6.07) is 24.9. The van der Waals surface area contributed by atoms with Crippen LogP contribution in [-0.4, -0.2) is 0 Å². The van der Waals surface area contributed by atoms with E-state index >= 15 is 0 Å². The highest BCUT2D eigenvalue weighted by atomic mass is 35.5. The molecule has 124 valence electrons. The van der Waals surface area contributed by atoms with E-state index in [1.54, 1.807) is 0 Å². The van der Waals surface area contributed by atoms with Crippen molar-refractivity contribution in [3.8, 4) is 0 Å². The number of fused-ring (bicyclic) bond motifs is 1. The van der Waals surface area contributed by atoms with Gasteiger partial charge in [-0.3, -0.25) is 0 Å². The quantitative estimate of drug-likeness (QED) is 0.451. The van der Waals surface area contributed by atoms with E-state index in [0.717, 1.165) is 22.9 Å². The Morgan fingerprint density at radius 1 is 0.720 bits per heavy atom. The van der Waals surface area contributed by atoms with Crippen molar-refractivity contribution >= 4 is 40.5 Å². The number of thioether (sulfide) groups is 1. The summed E-state index contributed by atoms with van der Waals surface area (Å²) >= 11 is 14.2. The molecule has 0 atom stereocenters. The van der Waals surface area contributed by atoms with Gasteiger partial charge in [0.25, 0.3) is 0 Å². The maximum absolute atomic E-state index is 6.22. The molecular formula is C22H16Cl2S. The van der Waals surface area contributed by atoms with Crippen molar-refractivity contribution in [1.82, 2.24) is 0 Å². The monoisotopic (exact) mass is 382 g/mol. The van der Waals surface area contributed by atoms with Crippen molar-refractivity contribution in [3.63, 3.8) is 0 Å². The van der Waals surface area contributed by atoms with E-state index in [4.69, 9.17) is 23.2 Å². The number of halogens is 2. The van der Waals surface area contributed by atoms with Crippen LogP contribution < -0.4 is 0 Å². The van der Waals surface area contributed by atoms with Crippen LogP contribution in [0.4, 0.5) is 0 Å². The molecule has 0 N–H and O–H groups in total. The highest BCUT2D eigenvalue weighted by Crippen LogP contribution is 2.44. The van der Waals surface area contributed by atoms with Crippen LogP contribution in [-0.2, 0) is 6.42 Å². The molecule has 4 rings (SSSR count). The first-order chi connectivity index (χ1) is 12.2.